The molecule has 1 aromatic rings. The first kappa shape index (κ1) is 14.5. The highest BCUT2D eigenvalue weighted by Gasteiger charge is 2.19. The highest BCUT2D eigenvalue weighted by atomic mass is 28.1. The second-order valence-electron chi connectivity index (χ2n) is 6.03. The van der Waals surface area contributed by atoms with Gasteiger partial charge in [0.1, 0.15) is 0 Å². The minimum absolute atomic E-state index is 0.314. The molecule has 1 fully saturated rings. The van der Waals surface area contributed by atoms with Crippen LogP contribution in [0, 0.1) is 0 Å². The van der Waals surface area contributed by atoms with E-state index >= 15 is 0 Å². The molecule has 0 heterocycles. The third kappa shape index (κ3) is 7.34. The predicted octanol–water partition coefficient (Wildman–Crippen LogP) is 1.99. The van der Waals surface area contributed by atoms with Crippen molar-refractivity contribution in [1.29, 1.82) is 0 Å². The molecule has 1 aliphatic rings. The van der Waals surface area contributed by atoms with E-state index in [4.69, 9.17) is 0 Å². The summed E-state index contributed by atoms with van der Waals surface area (Å²) in [5, 5.41) is 5.08. The molecular formula is C15H27NSi. The quantitative estimate of drug-likeness (QED) is 0.751. The molecule has 0 spiro atoms. The zero-order chi connectivity index (χ0) is 12.7. The van der Waals surface area contributed by atoms with Crippen LogP contribution in [-0.2, 0) is 0 Å². The van der Waals surface area contributed by atoms with Crippen LogP contribution in [-0.4, -0.2) is 21.8 Å². The fraction of sp³-hybridized carbons (Fsp3) is 0.600. The predicted molar refractivity (Wildman–Crippen MR) is 81.2 cm³/mol. The normalized spacial score (nSPS) is 16.6. The first-order valence-corrected chi connectivity index (χ1v) is 7.77. The fourth-order valence-electron chi connectivity index (χ4n) is 2.22. The lowest BCUT2D eigenvalue weighted by molar-refractivity contribution is 0.361. The number of hydrogen-bond acceptors (Lipinski definition) is 1. The number of rotatable bonds is 1. The van der Waals surface area contributed by atoms with E-state index in [1.54, 1.807) is 0 Å². The molecule has 1 saturated carbocycles. The van der Waals surface area contributed by atoms with Gasteiger partial charge in [-0.25, -0.2) is 0 Å². The van der Waals surface area contributed by atoms with Gasteiger partial charge < -0.3 is 5.32 Å². The average Bonchev–Trinajstić information content (AvgIpc) is 2.70. The molecule has 2 heteroatoms. The molecule has 0 saturated heterocycles. The Morgan fingerprint density at radius 3 is 1.94 bits per heavy atom. The van der Waals surface area contributed by atoms with Crippen molar-refractivity contribution in [3.63, 3.8) is 0 Å². The summed E-state index contributed by atoms with van der Waals surface area (Å²) in [5.41, 5.74) is 0.314. The van der Waals surface area contributed by atoms with Gasteiger partial charge in [-0.3, -0.25) is 0 Å². The third-order valence-corrected chi connectivity index (χ3v) is 3.60. The van der Waals surface area contributed by atoms with Gasteiger partial charge in [0.2, 0.25) is 0 Å². The van der Waals surface area contributed by atoms with E-state index in [-0.39, 0.29) is 0 Å². The smallest absolute Gasteiger partial charge is 0.0384 e. The Bertz CT molecular complexity index is 296. The van der Waals surface area contributed by atoms with Gasteiger partial charge in [-0.1, -0.05) is 48.4 Å². The minimum Gasteiger partial charge on any atom is -0.309 e. The maximum Gasteiger partial charge on any atom is 0.0384 e. The van der Waals surface area contributed by atoms with Crippen LogP contribution < -0.4 is 10.5 Å². The molecule has 96 valence electrons. The molecule has 1 aliphatic carbocycles. The van der Waals surface area contributed by atoms with Crippen LogP contribution in [0.1, 0.15) is 46.5 Å². The fourth-order valence-corrected chi connectivity index (χ4v) is 2.60. The topological polar surface area (TPSA) is 12.0 Å². The Hall–Kier alpha value is -0.603. The lowest BCUT2D eigenvalue weighted by atomic mass is 10.1. The minimum atomic E-state index is 0.314. The van der Waals surface area contributed by atoms with Gasteiger partial charge in [-0.05, 0) is 33.6 Å². The molecule has 0 aromatic heterocycles. The van der Waals surface area contributed by atoms with Gasteiger partial charge in [0.15, 0.2) is 0 Å². The third-order valence-electron chi connectivity index (χ3n) is 2.93. The van der Waals surface area contributed by atoms with Crippen molar-refractivity contribution in [3.8, 4) is 0 Å². The maximum absolute atomic E-state index is 3.62. The molecule has 0 atom stereocenters. The Morgan fingerprint density at radius 1 is 1.06 bits per heavy atom. The SMILES string of the molecule is CC(C)(C)NC1CCCC1.[SiH3]c1ccccc1. The zero-order valence-electron chi connectivity index (χ0n) is 11.8. The summed E-state index contributed by atoms with van der Waals surface area (Å²) in [5.74, 6) is 0. The van der Waals surface area contributed by atoms with E-state index in [1.165, 1.54) is 41.1 Å². The monoisotopic (exact) mass is 249 g/mol. The van der Waals surface area contributed by atoms with Crippen molar-refractivity contribution in [2.24, 2.45) is 0 Å². The first-order valence-electron chi connectivity index (χ1n) is 6.77. The Morgan fingerprint density at radius 2 is 1.59 bits per heavy atom. The highest BCUT2D eigenvalue weighted by Crippen LogP contribution is 2.19. The lowest BCUT2D eigenvalue weighted by Gasteiger charge is -2.25. The summed E-state index contributed by atoms with van der Waals surface area (Å²) in [7, 11) is 1.17. The van der Waals surface area contributed by atoms with Gasteiger partial charge in [-0.15, -0.1) is 0 Å². The van der Waals surface area contributed by atoms with Crippen LogP contribution in [0.25, 0.3) is 0 Å². The van der Waals surface area contributed by atoms with E-state index < -0.39 is 0 Å². The standard InChI is InChI=1S/C9H19N.C6H8Si/c1-9(2,3)10-8-6-4-5-7-8;7-6-4-2-1-3-5-6/h8,10H,4-7H2,1-3H3;1-5H,7H3. The molecule has 1 aromatic carbocycles. The van der Waals surface area contributed by atoms with Gasteiger partial charge >= 0.3 is 0 Å². The van der Waals surface area contributed by atoms with E-state index in [2.05, 4.69) is 50.4 Å². The molecule has 0 unspecified atom stereocenters. The largest absolute Gasteiger partial charge is 0.309 e. The number of nitrogens with one attached hydrogen (secondary N) is 1. The van der Waals surface area contributed by atoms with Crippen molar-refractivity contribution in [2.75, 3.05) is 0 Å². The van der Waals surface area contributed by atoms with Crippen LogP contribution in [0.4, 0.5) is 0 Å². The van der Waals surface area contributed by atoms with Crippen LogP contribution >= 0.6 is 0 Å². The second kappa shape index (κ2) is 6.97. The molecule has 0 bridgehead atoms. The summed E-state index contributed by atoms with van der Waals surface area (Å²) >= 11 is 0. The number of hydrogen-bond donors (Lipinski definition) is 1. The van der Waals surface area contributed by atoms with Crippen molar-refractivity contribution >= 4 is 15.4 Å². The van der Waals surface area contributed by atoms with Crippen molar-refractivity contribution in [3.05, 3.63) is 30.3 Å². The van der Waals surface area contributed by atoms with Crippen LogP contribution in [0.15, 0.2) is 30.3 Å². The van der Waals surface area contributed by atoms with E-state index in [0.717, 1.165) is 6.04 Å². The Labute approximate surface area is 109 Å². The van der Waals surface area contributed by atoms with E-state index in [1.807, 2.05) is 6.07 Å². The van der Waals surface area contributed by atoms with Crippen LogP contribution in [0.5, 0.6) is 0 Å². The van der Waals surface area contributed by atoms with Crippen LogP contribution in [0.3, 0.4) is 0 Å². The van der Waals surface area contributed by atoms with Gasteiger partial charge in [0, 0.05) is 21.8 Å². The van der Waals surface area contributed by atoms with Gasteiger partial charge in [0.25, 0.3) is 0 Å². The molecule has 0 radical (unpaired) electrons. The summed E-state index contributed by atoms with van der Waals surface area (Å²) in [6.45, 7) is 6.72. The second-order valence-corrected chi connectivity index (χ2v) is 7.19. The first-order chi connectivity index (χ1) is 7.97. The summed E-state index contributed by atoms with van der Waals surface area (Å²) < 4.78 is 0. The van der Waals surface area contributed by atoms with E-state index in [9.17, 15) is 0 Å². The van der Waals surface area contributed by atoms with Gasteiger partial charge in [0.05, 0.1) is 0 Å². The highest BCUT2D eigenvalue weighted by molar-refractivity contribution is 6.32. The Kier molecular flexibility index (Phi) is 5.93. The van der Waals surface area contributed by atoms with Crippen molar-refractivity contribution in [1.82, 2.24) is 5.32 Å². The van der Waals surface area contributed by atoms with E-state index in [0.29, 0.717) is 5.54 Å². The molecule has 1 nitrogen and oxygen atoms in total. The lowest BCUT2D eigenvalue weighted by Crippen LogP contribution is -2.42. The summed E-state index contributed by atoms with van der Waals surface area (Å²) in [6, 6.07) is 11.3. The molecule has 2 rings (SSSR count). The molecule has 1 N–H and O–H groups in total. The van der Waals surface area contributed by atoms with Gasteiger partial charge in [-0.2, -0.15) is 0 Å². The number of benzene rings is 1. The average molecular weight is 249 g/mol. The zero-order valence-corrected chi connectivity index (χ0v) is 13.8. The molecule has 0 aliphatic heterocycles. The maximum atomic E-state index is 3.62. The van der Waals surface area contributed by atoms with Crippen molar-refractivity contribution in [2.45, 2.75) is 58.0 Å². The molecule has 0 amide bonds. The van der Waals surface area contributed by atoms with Crippen LogP contribution in [0.2, 0.25) is 0 Å². The summed E-state index contributed by atoms with van der Waals surface area (Å²) in [6.07, 6.45) is 5.62. The molecular weight excluding hydrogens is 222 g/mol. The molecule has 17 heavy (non-hydrogen) atoms. The Balaban J connectivity index is 0.000000181. The summed E-state index contributed by atoms with van der Waals surface area (Å²) in [4.78, 5) is 0. The van der Waals surface area contributed by atoms with Crippen molar-refractivity contribution < 1.29 is 0 Å².